The number of hydrogen-bond donors (Lipinski definition) is 2. The van der Waals surface area contributed by atoms with Crippen molar-refractivity contribution in [2.24, 2.45) is 0 Å². The number of carbonyl (C=O) groups is 2. The first-order valence-corrected chi connectivity index (χ1v) is 11.5. The molecule has 1 aromatic heterocycles. The molecule has 0 spiro atoms. The van der Waals surface area contributed by atoms with Crippen LogP contribution in [0.5, 0.6) is 5.75 Å². The molecule has 0 aliphatic heterocycles. The molecule has 0 bridgehead atoms. The third kappa shape index (κ3) is 5.47. The van der Waals surface area contributed by atoms with Gasteiger partial charge in [-0.2, -0.15) is 18.3 Å². The number of carbonyl (C=O) groups excluding carboxylic acids is 1. The Bertz CT molecular complexity index is 1460. The molecule has 186 valence electrons. The number of fused-ring (bicyclic) bond motifs is 1. The maximum atomic E-state index is 13.9. The van der Waals surface area contributed by atoms with Crippen molar-refractivity contribution >= 4 is 50.2 Å². The van der Waals surface area contributed by atoms with Crippen LogP contribution < -0.4 is 10.1 Å². The van der Waals surface area contributed by atoms with Crippen LogP contribution in [0.4, 0.5) is 13.2 Å². The maximum Gasteiger partial charge on any atom is 0.434 e. The predicted molar refractivity (Wildman–Crippen MR) is 130 cm³/mol. The van der Waals surface area contributed by atoms with Gasteiger partial charge in [0.05, 0.1) is 21.9 Å². The highest BCUT2D eigenvalue weighted by Crippen LogP contribution is 2.35. The lowest BCUT2D eigenvalue weighted by molar-refractivity contribution is -0.143. The summed E-state index contributed by atoms with van der Waals surface area (Å²) in [6.45, 7) is -0.532. The molecule has 0 saturated carbocycles. The zero-order valence-corrected chi connectivity index (χ0v) is 20.5. The molecule has 12 heteroatoms. The number of benzene rings is 3. The number of carboxylic acids is 1. The predicted octanol–water partition coefficient (Wildman–Crippen LogP) is 5.85. The van der Waals surface area contributed by atoms with Crippen molar-refractivity contribution in [3.8, 4) is 11.4 Å². The Kier molecular flexibility index (Phi) is 7.23. The highest BCUT2D eigenvalue weighted by Gasteiger charge is 2.40. The van der Waals surface area contributed by atoms with Gasteiger partial charge in [0.1, 0.15) is 5.75 Å². The number of nitrogens with zero attached hydrogens (tertiary/aromatic N) is 2. The fraction of sp³-hybridized carbons (Fsp3) is 0.125. The van der Waals surface area contributed by atoms with E-state index in [9.17, 15) is 22.8 Å². The second-order valence-electron chi connectivity index (χ2n) is 7.59. The average molecular weight is 583 g/mol. The lowest BCUT2D eigenvalue weighted by Crippen LogP contribution is -2.26. The molecule has 1 heterocycles. The lowest BCUT2D eigenvalue weighted by atomic mass is 10.1. The normalized spacial score (nSPS) is 11.5. The van der Waals surface area contributed by atoms with Crippen molar-refractivity contribution in [2.45, 2.75) is 12.7 Å². The van der Waals surface area contributed by atoms with Gasteiger partial charge in [-0.1, -0.05) is 29.8 Å². The van der Waals surface area contributed by atoms with Gasteiger partial charge in [-0.25, -0.2) is 9.48 Å². The summed E-state index contributed by atoms with van der Waals surface area (Å²) >= 11 is 9.21. The molecule has 4 rings (SSSR count). The second-order valence-corrected chi connectivity index (χ2v) is 8.82. The molecule has 1 amide bonds. The summed E-state index contributed by atoms with van der Waals surface area (Å²) in [7, 11) is 0. The first-order valence-electron chi connectivity index (χ1n) is 10.3. The van der Waals surface area contributed by atoms with E-state index >= 15 is 0 Å². The van der Waals surface area contributed by atoms with E-state index < -0.39 is 35.9 Å². The fourth-order valence-electron chi connectivity index (χ4n) is 3.53. The van der Waals surface area contributed by atoms with Gasteiger partial charge in [0, 0.05) is 11.6 Å². The number of halogens is 5. The fourth-order valence-corrected chi connectivity index (χ4v) is 4.26. The SMILES string of the molecule is O=C(O)COc1ccc2cc(CNC(=O)c3cnn(-c4ccc(Cl)cc4)c3C(F)(F)F)ccc2c1Br. The maximum absolute atomic E-state index is 13.9. The molecule has 0 radical (unpaired) electrons. The zero-order chi connectivity index (χ0) is 26.0. The van der Waals surface area contributed by atoms with Crippen molar-refractivity contribution in [1.82, 2.24) is 15.1 Å². The monoisotopic (exact) mass is 581 g/mol. The molecule has 2 N–H and O–H groups in total. The average Bonchev–Trinajstić information content (AvgIpc) is 3.28. The van der Waals surface area contributed by atoms with E-state index in [1.807, 2.05) is 0 Å². The molecule has 0 aliphatic carbocycles. The molecule has 0 fully saturated rings. The summed E-state index contributed by atoms with van der Waals surface area (Å²) in [4.78, 5) is 23.5. The van der Waals surface area contributed by atoms with Crippen molar-refractivity contribution in [3.63, 3.8) is 0 Å². The van der Waals surface area contributed by atoms with Gasteiger partial charge in [-0.05, 0) is 68.7 Å². The molecular formula is C24H16BrClF3N3O4. The Morgan fingerprint density at radius 2 is 1.83 bits per heavy atom. The Labute approximate surface area is 215 Å². The molecular weight excluding hydrogens is 567 g/mol. The minimum atomic E-state index is -4.83. The summed E-state index contributed by atoms with van der Waals surface area (Å²) in [5.41, 5.74) is -1.06. The molecule has 7 nitrogen and oxygen atoms in total. The quantitative estimate of drug-likeness (QED) is 0.285. The number of aliphatic carboxylic acids is 1. The number of nitrogens with one attached hydrogen (secondary N) is 1. The van der Waals surface area contributed by atoms with Crippen LogP contribution in [-0.2, 0) is 17.5 Å². The van der Waals surface area contributed by atoms with Crippen LogP contribution in [0.1, 0.15) is 21.6 Å². The Hall–Kier alpha value is -3.57. The van der Waals surface area contributed by atoms with E-state index in [4.69, 9.17) is 21.4 Å². The van der Waals surface area contributed by atoms with Gasteiger partial charge in [-0.15, -0.1) is 0 Å². The van der Waals surface area contributed by atoms with Crippen molar-refractivity contribution in [3.05, 3.63) is 87.1 Å². The first-order chi connectivity index (χ1) is 17.0. The Morgan fingerprint density at radius 1 is 1.11 bits per heavy atom. The van der Waals surface area contributed by atoms with Gasteiger partial charge >= 0.3 is 12.1 Å². The lowest BCUT2D eigenvalue weighted by Gasteiger charge is -2.13. The van der Waals surface area contributed by atoms with E-state index in [0.717, 1.165) is 17.0 Å². The van der Waals surface area contributed by atoms with E-state index in [2.05, 4.69) is 26.3 Å². The number of carboxylic acid groups (broad SMARTS) is 1. The zero-order valence-electron chi connectivity index (χ0n) is 18.1. The second kappa shape index (κ2) is 10.2. The standard InChI is InChI=1S/C24H16BrClF3N3O4/c25-21-17-7-1-13(9-14(17)2-8-19(21)36-12-20(33)34)10-30-23(35)18-11-31-32(22(18)24(27,28)29)16-5-3-15(26)4-6-16/h1-9,11H,10,12H2,(H,30,35)(H,33,34). The number of hydrogen-bond acceptors (Lipinski definition) is 4. The Balaban J connectivity index is 1.55. The summed E-state index contributed by atoms with van der Waals surface area (Å²) in [5.74, 6) is -1.69. The minimum Gasteiger partial charge on any atom is -0.481 e. The van der Waals surface area contributed by atoms with Crippen LogP contribution in [0, 0.1) is 0 Å². The van der Waals surface area contributed by atoms with E-state index in [1.54, 1.807) is 30.3 Å². The van der Waals surface area contributed by atoms with Crippen LogP contribution >= 0.6 is 27.5 Å². The van der Waals surface area contributed by atoms with Gasteiger partial charge in [0.2, 0.25) is 0 Å². The van der Waals surface area contributed by atoms with Gasteiger partial charge in [0.15, 0.2) is 12.3 Å². The van der Waals surface area contributed by atoms with Gasteiger partial charge in [0.25, 0.3) is 5.91 Å². The molecule has 0 unspecified atom stereocenters. The van der Waals surface area contributed by atoms with E-state index in [0.29, 0.717) is 25.5 Å². The molecule has 0 saturated heterocycles. The number of rotatable bonds is 7. The highest BCUT2D eigenvalue weighted by atomic mass is 79.9. The van der Waals surface area contributed by atoms with Gasteiger partial charge < -0.3 is 15.2 Å². The summed E-state index contributed by atoms with van der Waals surface area (Å²) < 4.78 is 48.0. The third-order valence-electron chi connectivity index (χ3n) is 5.14. The first kappa shape index (κ1) is 25.5. The smallest absolute Gasteiger partial charge is 0.434 e. The Morgan fingerprint density at radius 3 is 2.50 bits per heavy atom. The molecule has 36 heavy (non-hydrogen) atoms. The number of ether oxygens (including phenoxy) is 1. The largest absolute Gasteiger partial charge is 0.481 e. The van der Waals surface area contributed by atoms with Crippen molar-refractivity contribution in [2.75, 3.05) is 6.61 Å². The molecule has 3 aromatic carbocycles. The number of amides is 1. The van der Waals surface area contributed by atoms with Gasteiger partial charge in [-0.3, -0.25) is 4.79 Å². The van der Waals surface area contributed by atoms with Crippen molar-refractivity contribution < 1.29 is 32.6 Å². The number of alkyl halides is 3. The van der Waals surface area contributed by atoms with Crippen LogP contribution in [0.3, 0.4) is 0 Å². The summed E-state index contributed by atoms with van der Waals surface area (Å²) in [5, 5.41) is 16.9. The minimum absolute atomic E-state index is 0.0346. The van der Waals surface area contributed by atoms with Crippen LogP contribution in [0.2, 0.25) is 5.02 Å². The van der Waals surface area contributed by atoms with Crippen LogP contribution in [0.25, 0.3) is 16.5 Å². The van der Waals surface area contributed by atoms with E-state index in [1.165, 1.54) is 24.3 Å². The summed E-state index contributed by atoms with van der Waals surface area (Å²) in [6.07, 6.45) is -3.96. The van der Waals surface area contributed by atoms with E-state index in [-0.39, 0.29) is 12.2 Å². The molecule has 0 atom stereocenters. The van der Waals surface area contributed by atoms with Crippen LogP contribution in [-0.4, -0.2) is 33.4 Å². The van der Waals surface area contributed by atoms with Crippen molar-refractivity contribution in [1.29, 1.82) is 0 Å². The number of aromatic nitrogens is 2. The van der Waals surface area contributed by atoms with Crippen LogP contribution in [0.15, 0.2) is 65.3 Å². The third-order valence-corrected chi connectivity index (χ3v) is 6.21. The molecule has 0 aliphatic rings. The highest BCUT2D eigenvalue weighted by molar-refractivity contribution is 9.10. The summed E-state index contributed by atoms with van der Waals surface area (Å²) in [6, 6.07) is 14.1. The molecule has 4 aromatic rings. The topological polar surface area (TPSA) is 93.4 Å².